The van der Waals surface area contributed by atoms with E-state index in [1.165, 1.54) is 16.8 Å². The molecule has 4 aromatic rings. The van der Waals surface area contributed by atoms with E-state index >= 15 is 0 Å². The van der Waals surface area contributed by atoms with Gasteiger partial charge in [0.25, 0.3) is 0 Å². The average Bonchev–Trinajstić information content (AvgIpc) is 2.84. The molecule has 0 N–H and O–H groups in total. The molecule has 0 spiro atoms. The van der Waals surface area contributed by atoms with Gasteiger partial charge in [-0.2, -0.15) is 4.57 Å². The Morgan fingerprint density at radius 2 is 1.39 bits per heavy atom. The first kappa shape index (κ1) is 22.8. The summed E-state index contributed by atoms with van der Waals surface area (Å²) >= 11 is 3.55. The second-order valence-corrected chi connectivity index (χ2v) is 9.08. The zero-order valence-corrected chi connectivity index (χ0v) is 21.0. The van der Waals surface area contributed by atoms with Crippen LogP contribution in [0, 0.1) is 0 Å². The quantitative estimate of drug-likeness (QED) is 0.269. The maximum absolute atomic E-state index is 5.34. The fraction of sp³-hybridized carbons (Fsp3) is 0.138. The Bertz CT molecular complexity index is 1260. The Morgan fingerprint density at radius 1 is 0.758 bits per heavy atom. The van der Waals surface area contributed by atoms with Crippen molar-refractivity contribution >= 4 is 33.8 Å². The molecule has 4 heteroatoms. The van der Waals surface area contributed by atoms with Crippen LogP contribution in [-0.4, -0.2) is 21.2 Å². The number of halogens is 1. The summed E-state index contributed by atoms with van der Waals surface area (Å²) < 4.78 is 8.65. The molecule has 0 atom stereocenters. The number of ether oxygens (including phenoxy) is 1. The second kappa shape index (κ2) is 10.1. The van der Waals surface area contributed by atoms with E-state index in [0.717, 1.165) is 32.7 Å². The van der Waals surface area contributed by atoms with Crippen molar-refractivity contribution in [3.05, 3.63) is 101 Å². The molecule has 0 fully saturated rings. The number of nitrogens with zero attached hydrogens (tertiary/aromatic N) is 2. The van der Waals surface area contributed by atoms with E-state index < -0.39 is 0 Å². The van der Waals surface area contributed by atoms with Gasteiger partial charge < -0.3 is 9.64 Å². The lowest BCUT2D eigenvalue weighted by atomic mass is 10.0. The summed E-state index contributed by atoms with van der Waals surface area (Å²) in [6.45, 7) is 0. The van der Waals surface area contributed by atoms with Gasteiger partial charge in [-0.3, -0.25) is 0 Å². The minimum atomic E-state index is 0.856. The van der Waals surface area contributed by atoms with Gasteiger partial charge in [-0.15, -0.1) is 0 Å². The van der Waals surface area contributed by atoms with Crippen molar-refractivity contribution in [2.75, 3.05) is 26.1 Å². The van der Waals surface area contributed by atoms with Crippen LogP contribution in [0.25, 0.3) is 34.5 Å². The van der Waals surface area contributed by atoms with Crippen LogP contribution in [0.1, 0.15) is 11.3 Å². The van der Waals surface area contributed by atoms with Crippen LogP contribution >= 0.6 is 15.9 Å². The predicted octanol–water partition coefficient (Wildman–Crippen LogP) is 6.85. The Hall–Kier alpha value is -3.37. The average molecular weight is 500 g/mol. The van der Waals surface area contributed by atoms with Crippen molar-refractivity contribution in [2.45, 2.75) is 0 Å². The van der Waals surface area contributed by atoms with E-state index in [1.54, 1.807) is 7.11 Å². The number of hydrogen-bond acceptors (Lipinski definition) is 2. The lowest BCUT2D eigenvalue weighted by molar-refractivity contribution is -0.662. The third-order valence-electron chi connectivity index (χ3n) is 5.76. The third kappa shape index (κ3) is 5.35. The molecule has 0 saturated heterocycles. The van der Waals surface area contributed by atoms with Gasteiger partial charge in [-0.1, -0.05) is 40.2 Å². The third-order valence-corrected chi connectivity index (χ3v) is 6.29. The number of aromatic nitrogens is 1. The lowest BCUT2D eigenvalue weighted by Gasteiger charge is -2.11. The number of rotatable bonds is 6. The summed E-state index contributed by atoms with van der Waals surface area (Å²) in [5.74, 6) is 0.856. The summed E-state index contributed by atoms with van der Waals surface area (Å²) in [6.07, 6.45) is 4.35. The highest BCUT2D eigenvalue weighted by molar-refractivity contribution is 9.10. The van der Waals surface area contributed by atoms with E-state index in [4.69, 9.17) is 4.74 Å². The number of pyridine rings is 1. The second-order valence-electron chi connectivity index (χ2n) is 8.17. The first-order chi connectivity index (χ1) is 15.9. The van der Waals surface area contributed by atoms with Gasteiger partial charge in [0.2, 0.25) is 11.4 Å². The molecule has 0 radical (unpaired) electrons. The monoisotopic (exact) mass is 499 g/mol. The molecule has 1 aromatic heterocycles. The zero-order valence-electron chi connectivity index (χ0n) is 19.4. The van der Waals surface area contributed by atoms with Gasteiger partial charge in [0.1, 0.15) is 12.8 Å². The van der Waals surface area contributed by atoms with Gasteiger partial charge in [-0.05, 0) is 71.3 Å². The van der Waals surface area contributed by atoms with Crippen LogP contribution < -0.4 is 14.2 Å². The van der Waals surface area contributed by atoms with E-state index in [-0.39, 0.29) is 0 Å². The highest BCUT2D eigenvalue weighted by Crippen LogP contribution is 2.28. The molecule has 1 heterocycles. The molecule has 0 aliphatic heterocycles. The van der Waals surface area contributed by atoms with E-state index in [0.29, 0.717) is 0 Å². The van der Waals surface area contributed by atoms with Crippen LogP contribution in [-0.2, 0) is 7.05 Å². The van der Waals surface area contributed by atoms with E-state index in [9.17, 15) is 0 Å². The Labute approximate surface area is 204 Å². The zero-order chi connectivity index (χ0) is 23.4. The molecule has 0 aliphatic rings. The van der Waals surface area contributed by atoms with Crippen molar-refractivity contribution in [1.82, 2.24) is 0 Å². The highest BCUT2D eigenvalue weighted by Gasteiger charge is 2.17. The van der Waals surface area contributed by atoms with Crippen molar-refractivity contribution in [1.29, 1.82) is 0 Å². The topological polar surface area (TPSA) is 16.4 Å². The Balaban J connectivity index is 1.78. The van der Waals surface area contributed by atoms with Crippen LogP contribution in [0.15, 0.2) is 89.4 Å². The van der Waals surface area contributed by atoms with Gasteiger partial charge in [0.15, 0.2) is 0 Å². The van der Waals surface area contributed by atoms with Crippen molar-refractivity contribution in [3.8, 4) is 28.1 Å². The number of hydrogen-bond donors (Lipinski definition) is 0. The van der Waals surface area contributed by atoms with Crippen LogP contribution in [0.4, 0.5) is 5.69 Å². The molecular weight excluding hydrogens is 472 g/mol. The van der Waals surface area contributed by atoms with Gasteiger partial charge in [0, 0.05) is 48.0 Å². The SMILES string of the molecule is COc1ccc(-c2cc(C=Cc3ccc(N(C)C)cc3)[n+](C)c(-c3ccc(Br)cc3)c2)cc1. The largest absolute Gasteiger partial charge is 0.497 e. The minimum Gasteiger partial charge on any atom is -0.497 e. The van der Waals surface area contributed by atoms with Crippen LogP contribution in [0.2, 0.25) is 0 Å². The summed E-state index contributed by atoms with van der Waals surface area (Å²) in [5, 5.41) is 0. The summed E-state index contributed by atoms with van der Waals surface area (Å²) in [7, 11) is 7.92. The van der Waals surface area contributed by atoms with Gasteiger partial charge >= 0.3 is 0 Å². The van der Waals surface area contributed by atoms with Crippen molar-refractivity contribution in [2.24, 2.45) is 7.05 Å². The molecule has 33 heavy (non-hydrogen) atoms. The standard InChI is InChI=1S/C29H28BrN2O/c1-31(2)26-14-5-21(6-15-26)7-16-27-19-24(22-10-17-28(33-4)18-11-22)20-29(32(27)3)23-8-12-25(30)13-9-23/h5-20H,1-4H3/q+1. The van der Waals surface area contributed by atoms with Gasteiger partial charge in [-0.25, -0.2) is 0 Å². The molecule has 0 saturated carbocycles. The Morgan fingerprint density at radius 3 is 2.00 bits per heavy atom. The normalized spacial score (nSPS) is 11.1. The summed E-state index contributed by atoms with van der Waals surface area (Å²) in [5.41, 5.74) is 8.12. The molecule has 0 unspecified atom stereocenters. The lowest BCUT2D eigenvalue weighted by Crippen LogP contribution is -2.34. The van der Waals surface area contributed by atoms with E-state index in [1.807, 2.05) is 12.1 Å². The maximum atomic E-state index is 5.34. The van der Waals surface area contributed by atoms with Crippen molar-refractivity contribution < 1.29 is 9.30 Å². The summed E-state index contributed by atoms with van der Waals surface area (Å²) in [4.78, 5) is 2.11. The first-order valence-electron chi connectivity index (χ1n) is 10.8. The highest BCUT2D eigenvalue weighted by atomic mass is 79.9. The number of benzene rings is 3. The molecule has 3 nitrogen and oxygen atoms in total. The minimum absolute atomic E-state index is 0.856. The number of anilines is 1. The fourth-order valence-electron chi connectivity index (χ4n) is 3.75. The fourth-order valence-corrected chi connectivity index (χ4v) is 4.02. The molecular formula is C29H28BrN2O+. The first-order valence-corrected chi connectivity index (χ1v) is 11.6. The molecule has 3 aromatic carbocycles. The van der Waals surface area contributed by atoms with Gasteiger partial charge in [0.05, 0.1) is 7.11 Å². The van der Waals surface area contributed by atoms with Crippen LogP contribution in [0.5, 0.6) is 5.75 Å². The molecule has 4 rings (SSSR count). The molecule has 0 bridgehead atoms. The number of methoxy groups -OCH3 is 1. The predicted molar refractivity (Wildman–Crippen MR) is 142 cm³/mol. The molecule has 0 amide bonds. The molecule has 0 aliphatic carbocycles. The maximum Gasteiger partial charge on any atom is 0.213 e. The summed E-state index contributed by atoms with van der Waals surface area (Å²) in [6, 6.07) is 29.7. The smallest absolute Gasteiger partial charge is 0.213 e. The molecule has 166 valence electrons. The van der Waals surface area contributed by atoms with Crippen LogP contribution in [0.3, 0.4) is 0 Å². The van der Waals surface area contributed by atoms with Crippen molar-refractivity contribution in [3.63, 3.8) is 0 Å². The van der Waals surface area contributed by atoms with E-state index in [2.05, 4.69) is 131 Å². The Kier molecular flexibility index (Phi) is 6.95.